The Morgan fingerprint density at radius 2 is 1.91 bits per heavy atom. The van der Waals surface area contributed by atoms with Crippen molar-refractivity contribution in [1.82, 2.24) is 5.32 Å². The SMILES string of the molecule is CC(C)c1cccc(N2CC(C(=O)NCC3(c4ccc(F)cc4)CCOCC3)CC2=O)c1. The topological polar surface area (TPSA) is 58.6 Å². The van der Waals surface area contributed by atoms with Crippen LogP contribution in [-0.2, 0) is 19.7 Å². The van der Waals surface area contributed by atoms with Crippen LogP contribution in [0.3, 0.4) is 0 Å². The Bertz CT molecular complexity index is 967. The smallest absolute Gasteiger partial charge is 0.227 e. The Labute approximate surface area is 188 Å². The largest absolute Gasteiger partial charge is 0.381 e. The van der Waals surface area contributed by atoms with E-state index in [1.165, 1.54) is 17.7 Å². The lowest BCUT2D eigenvalue weighted by molar-refractivity contribution is -0.126. The first-order valence-corrected chi connectivity index (χ1v) is 11.4. The van der Waals surface area contributed by atoms with Crippen LogP contribution in [0.25, 0.3) is 0 Å². The van der Waals surface area contributed by atoms with Gasteiger partial charge < -0.3 is 15.0 Å². The zero-order chi connectivity index (χ0) is 22.7. The van der Waals surface area contributed by atoms with E-state index in [2.05, 4.69) is 25.2 Å². The number of nitrogens with one attached hydrogen (secondary N) is 1. The van der Waals surface area contributed by atoms with Crippen LogP contribution in [0.15, 0.2) is 48.5 Å². The summed E-state index contributed by atoms with van der Waals surface area (Å²) < 4.78 is 19.0. The van der Waals surface area contributed by atoms with E-state index in [0.29, 0.717) is 32.2 Å². The second-order valence-corrected chi connectivity index (χ2v) is 9.27. The highest BCUT2D eigenvalue weighted by atomic mass is 19.1. The number of carbonyl (C=O) groups is 2. The Morgan fingerprint density at radius 3 is 2.59 bits per heavy atom. The van der Waals surface area contributed by atoms with Crippen molar-refractivity contribution in [3.63, 3.8) is 0 Å². The third-order valence-corrected chi connectivity index (χ3v) is 6.85. The molecule has 1 N–H and O–H groups in total. The van der Waals surface area contributed by atoms with Crippen molar-refractivity contribution in [3.05, 3.63) is 65.5 Å². The summed E-state index contributed by atoms with van der Waals surface area (Å²) in [6, 6.07) is 14.5. The summed E-state index contributed by atoms with van der Waals surface area (Å²) in [6.07, 6.45) is 1.73. The molecule has 170 valence electrons. The van der Waals surface area contributed by atoms with Gasteiger partial charge in [-0.1, -0.05) is 38.1 Å². The van der Waals surface area contributed by atoms with Gasteiger partial charge in [0.05, 0.1) is 5.92 Å². The summed E-state index contributed by atoms with van der Waals surface area (Å²) in [7, 11) is 0. The van der Waals surface area contributed by atoms with Crippen LogP contribution in [0.1, 0.15) is 50.2 Å². The highest BCUT2D eigenvalue weighted by Gasteiger charge is 2.38. The van der Waals surface area contributed by atoms with Crippen LogP contribution in [0.2, 0.25) is 0 Å². The molecule has 1 atom stereocenters. The number of amides is 2. The molecule has 0 radical (unpaired) electrons. The second kappa shape index (κ2) is 9.41. The third-order valence-electron chi connectivity index (χ3n) is 6.85. The Hall–Kier alpha value is -2.73. The van der Waals surface area contributed by atoms with Crippen molar-refractivity contribution in [2.45, 2.75) is 44.4 Å². The van der Waals surface area contributed by atoms with Crippen LogP contribution in [0.4, 0.5) is 10.1 Å². The summed E-state index contributed by atoms with van der Waals surface area (Å²) in [6.45, 7) is 6.29. The molecule has 5 nitrogen and oxygen atoms in total. The van der Waals surface area contributed by atoms with Gasteiger partial charge in [-0.2, -0.15) is 0 Å². The molecule has 4 rings (SSSR count). The van der Waals surface area contributed by atoms with Gasteiger partial charge in [0.2, 0.25) is 11.8 Å². The minimum atomic E-state index is -0.379. The Kier molecular flexibility index (Phi) is 6.60. The zero-order valence-corrected chi connectivity index (χ0v) is 18.8. The predicted molar refractivity (Wildman–Crippen MR) is 122 cm³/mol. The van der Waals surface area contributed by atoms with Gasteiger partial charge in [-0.15, -0.1) is 0 Å². The fourth-order valence-electron chi connectivity index (χ4n) is 4.72. The maximum atomic E-state index is 13.4. The minimum absolute atomic E-state index is 0.0228. The Morgan fingerprint density at radius 1 is 1.19 bits per heavy atom. The molecule has 0 aliphatic carbocycles. The summed E-state index contributed by atoms with van der Waals surface area (Å²) in [4.78, 5) is 27.4. The average molecular weight is 439 g/mol. The molecule has 32 heavy (non-hydrogen) atoms. The van der Waals surface area contributed by atoms with Crippen LogP contribution in [0.5, 0.6) is 0 Å². The molecule has 2 aromatic rings. The van der Waals surface area contributed by atoms with Gasteiger partial charge in [0.15, 0.2) is 0 Å². The van der Waals surface area contributed by atoms with E-state index in [1.54, 1.807) is 17.0 Å². The molecular weight excluding hydrogens is 407 g/mol. The number of nitrogens with zero attached hydrogens (tertiary/aromatic N) is 1. The fraction of sp³-hybridized carbons (Fsp3) is 0.462. The van der Waals surface area contributed by atoms with E-state index in [1.807, 2.05) is 18.2 Å². The van der Waals surface area contributed by atoms with E-state index in [4.69, 9.17) is 4.74 Å². The molecular formula is C26H31FN2O3. The van der Waals surface area contributed by atoms with Crippen molar-refractivity contribution in [1.29, 1.82) is 0 Å². The summed E-state index contributed by atoms with van der Waals surface area (Å²) in [5.74, 6) is -0.408. The summed E-state index contributed by atoms with van der Waals surface area (Å²) in [5.41, 5.74) is 2.75. The lowest BCUT2D eigenvalue weighted by Gasteiger charge is -2.38. The maximum absolute atomic E-state index is 13.4. The van der Waals surface area contributed by atoms with Crippen molar-refractivity contribution < 1.29 is 18.7 Å². The molecule has 2 aliphatic heterocycles. The van der Waals surface area contributed by atoms with Gasteiger partial charge in [0.1, 0.15) is 5.82 Å². The first kappa shape index (κ1) is 22.5. The van der Waals surface area contributed by atoms with Gasteiger partial charge in [-0.25, -0.2) is 4.39 Å². The van der Waals surface area contributed by atoms with Crippen LogP contribution in [-0.4, -0.2) is 38.1 Å². The van der Waals surface area contributed by atoms with Crippen molar-refractivity contribution in [2.24, 2.45) is 5.92 Å². The van der Waals surface area contributed by atoms with Crippen LogP contribution in [0, 0.1) is 11.7 Å². The quantitative estimate of drug-likeness (QED) is 0.737. The first-order chi connectivity index (χ1) is 15.4. The fourth-order valence-corrected chi connectivity index (χ4v) is 4.72. The summed E-state index contributed by atoms with van der Waals surface area (Å²) in [5, 5.41) is 3.10. The number of ether oxygens (including phenoxy) is 1. The number of rotatable bonds is 6. The lowest BCUT2D eigenvalue weighted by Crippen LogP contribution is -2.46. The third kappa shape index (κ3) is 4.70. The monoisotopic (exact) mass is 438 g/mol. The molecule has 0 bridgehead atoms. The van der Waals surface area contributed by atoms with Gasteiger partial charge in [-0.05, 0) is 54.2 Å². The number of benzene rings is 2. The highest BCUT2D eigenvalue weighted by Crippen LogP contribution is 2.35. The number of hydrogen-bond donors (Lipinski definition) is 1. The van der Waals surface area contributed by atoms with Gasteiger partial charge >= 0.3 is 0 Å². The molecule has 0 aromatic heterocycles. The average Bonchev–Trinajstić information content (AvgIpc) is 3.20. The molecule has 2 saturated heterocycles. The summed E-state index contributed by atoms with van der Waals surface area (Å²) >= 11 is 0. The number of carbonyl (C=O) groups excluding carboxylic acids is 2. The number of hydrogen-bond acceptors (Lipinski definition) is 3. The van der Waals surface area contributed by atoms with E-state index < -0.39 is 0 Å². The Balaban J connectivity index is 1.44. The van der Waals surface area contributed by atoms with Crippen molar-refractivity contribution >= 4 is 17.5 Å². The van der Waals surface area contributed by atoms with Crippen molar-refractivity contribution in [3.8, 4) is 0 Å². The zero-order valence-electron chi connectivity index (χ0n) is 18.8. The molecule has 0 spiro atoms. The maximum Gasteiger partial charge on any atom is 0.227 e. The van der Waals surface area contributed by atoms with E-state index >= 15 is 0 Å². The molecule has 1 unspecified atom stereocenters. The molecule has 2 aliphatic rings. The highest BCUT2D eigenvalue weighted by molar-refractivity contribution is 6.00. The van der Waals surface area contributed by atoms with Crippen molar-refractivity contribution in [2.75, 3.05) is 31.2 Å². The molecule has 2 heterocycles. The van der Waals surface area contributed by atoms with Gasteiger partial charge in [-0.3, -0.25) is 9.59 Å². The molecule has 0 saturated carbocycles. The predicted octanol–water partition coefficient (Wildman–Crippen LogP) is 4.17. The minimum Gasteiger partial charge on any atom is -0.381 e. The first-order valence-electron chi connectivity index (χ1n) is 11.4. The number of anilines is 1. The van der Waals surface area contributed by atoms with E-state index in [-0.39, 0.29) is 35.4 Å². The van der Waals surface area contributed by atoms with E-state index in [9.17, 15) is 14.0 Å². The molecule has 6 heteroatoms. The van der Waals surface area contributed by atoms with E-state index in [0.717, 1.165) is 24.1 Å². The normalized spacial score (nSPS) is 20.6. The molecule has 2 amide bonds. The lowest BCUT2D eigenvalue weighted by atomic mass is 9.74. The van der Waals surface area contributed by atoms with Crippen LogP contribution >= 0.6 is 0 Å². The second-order valence-electron chi connectivity index (χ2n) is 9.27. The number of halogens is 1. The van der Waals surface area contributed by atoms with Gasteiger partial charge in [0, 0.05) is 43.8 Å². The molecule has 2 aromatic carbocycles. The van der Waals surface area contributed by atoms with Gasteiger partial charge in [0.25, 0.3) is 0 Å². The van der Waals surface area contributed by atoms with Crippen LogP contribution < -0.4 is 10.2 Å². The standard InChI is InChI=1S/C26H31FN2O3/c1-18(2)19-4-3-5-23(14-19)29-16-20(15-24(29)30)25(31)28-17-26(10-12-32-13-11-26)21-6-8-22(27)9-7-21/h3-9,14,18,20H,10-13,15-17H2,1-2H3,(H,28,31). The molecule has 2 fully saturated rings.